The summed E-state index contributed by atoms with van der Waals surface area (Å²) in [7, 11) is 0. The summed E-state index contributed by atoms with van der Waals surface area (Å²) in [5, 5.41) is 0. The van der Waals surface area contributed by atoms with Crippen LogP contribution >= 0.6 is 0 Å². The second-order valence-corrected chi connectivity index (χ2v) is 4.22. The zero-order valence-corrected chi connectivity index (χ0v) is 9.17. The predicted octanol–water partition coefficient (Wildman–Crippen LogP) is 4.65. The molecule has 0 saturated heterocycles. The van der Waals surface area contributed by atoms with Crippen LogP contribution in [0.1, 0.15) is 44.9 Å². The molecular weight excluding hydrogens is 168 g/mol. The first kappa shape index (κ1) is 11.3. The molecule has 1 aliphatic carbocycles. The van der Waals surface area contributed by atoms with Crippen LogP contribution in [0, 0.1) is 5.92 Å². The molecule has 0 aromatic rings. The summed E-state index contributed by atoms with van der Waals surface area (Å²) in [6.45, 7) is 7.62. The molecule has 0 amide bonds. The van der Waals surface area contributed by atoms with Gasteiger partial charge in [0.1, 0.15) is 0 Å². The summed E-state index contributed by atoms with van der Waals surface area (Å²) in [4.78, 5) is 0. The van der Waals surface area contributed by atoms with Crippen LogP contribution in [0.2, 0.25) is 0 Å². The maximum absolute atomic E-state index is 3.82. The quantitative estimate of drug-likeness (QED) is 0.566. The van der Waals surface area contributed by atoms with E-state index in [-0.39, 0.29) is 0 Å². The van der Waals surface area contributed by atoms with Gasteiger partial charge >= 0.3 is 0 Å². The van der Waals surface area contributed by atoms with Crippen molar-refractivity contribution >= 4 is 0 Å². The first-order valence-electron chi connectivity index (χ1n) is 5.76. The molecule has 0 aliphatic heterocycles. The van der Waals surface area contributed by atoms with Gasteiger partial charge < -0.3 is 0 Å². The van der Waals surface area contributed by atoms with Crippen LogP contribution in [0.5, 0.6) is 0 Å². The van der Waals surface area contributed by atoms with Gasteiger partial charge in [-0.2, -0.15) is 0 Å². The summed E-state index contributed by atoms with van der Waals surface area (Å²) in [6, 6.07) is 0. The highest BCUT2D eigenvalue weighted by Gasteiger charge is 2.09. The van der Waals surface area contributed by atoms with E-state index in [0.29, 0.717) is 0 Å². The Morgan fingerprint density at radius 3 is 2.86 bits per heavy atom. The Morgan fingerprint density at radius 2 is 2.14 bits per heavy atom. The zero-order chi connectivity index (χ0) is 10.2. The monoisotopic (exact) mass is 190 g/mol. The molecule has 0 fully saturated rings. The average molecular weight is 190 g/mol. The van der Waals surface area contributed by atoms with Crippen molar-refractivity contribution in [3.05, 3.63) is 37.0 Å². The maximum Gasteiger partial charge on any atom is -0.0142 e. The van der Waals surface area contributed by atoms with E-state index in [1.165, 1.54) is 38.5 Å². The molecule has 0 N–H and O–H groups in total. The van der Waals surface area contributed by atoms with Gasteiger partial charge in [0.15, 0.2) is 0 Å². The third kappa shape index (κ3) is 3.95. The zero-order valence-electron chi connectivity index (χ0n) is 9.17. The van der Waals surface area contributed by atoms with E-state index in [4.69, 9.17) is 0 Å². The van der Waals surface area contributed by atoms with Gasteiger partial charge in [0, 0.05) is 0 Å². The largest absolute Gasteiger partial charge is 0.103 e. The number of rotatable bonds is 4. The van der Waals surface area contributed by atoms with Crippen molar-refractivity contribution in [1.29, 1.82) is 0 Å². The van der Waals surface area contributed by atoms with Gasteiger partial charge in [0.05, 0.1) is 0 Å². The Bertz CT molecular complexity index is 210. The second-order valence-electron chi connectivity index (χ2n) is 4.22. The molecule has 0 spiro atoms. The summed E-state index contributed by atoms with van der Waals surface area (Å²) in [5.41, 5.74) is 1.59. The normalized spacial score (nSPS) is 26.9. The number of hydrogen-bond donors (Lipinski definition) is 0. The van der Waals surface area contributed by atoms with Gasteiger partial charge in [-0.3, -0.25) is 0 Å². The van der Waals surface area contributed by atoms with Gasteiger partial charge in [-0.1, -0.05) is 23.8 Å². The minimum atomic E-state index is 0.883. The van der Waals surface area contributed by atoms with E-state index in [1.54, 1.807) is 5.57 Å². The lowest BCUT2D eigenvalue weighted by Crippen LogP contribution is -2.02. The van der Waals surface area contributed by atoms with E-state index in [2.05, 4.69) is 25.3 Å². The molecule has 78 valence electrons. The van der Waals surface area contributed by atoms with Crippen molar-refractivity contribution in [3.8, 4) is 0 Å². The Labute approximate surface area is 88.4 Å². The van der Waals surface area contributed by atoms with Crippen LogP contribution in [0.3, 0.4) is 0 Å². The van der Waals surface area contributed by atoms with Crippen LogP contribution in [-0.2, 0) is 0 Å². The fourth-order valence-electron chi connectivity index (χ4n) is 2.23. The van der Waals surface area contributed by atoms with Crippen molar-refractivity contribution in [2.24, 2.45) is 5.92 Å². The number of allylic oxidation sites excluding steroid dienone is 4. The average Bonchev–Trinajstić information content (AvgIpc) is 2.13. The molecule has 1 aliphatic rings. The third-order valence-electron chi connectivity index (χ3n) is 3.02. The molecule has 0 radical (unpaired) electrons. The fourth-order valence-corrected chi connectivity index (χ4v) is 2.23. The van der Waals surface area contributed by atoms with Gasteiger partial charge in [0.2, 0.25) is 0 Å². The maximum atomic E-state index is 3.82. The fraction of sp³-hybridized carbons (Fsp3) is 0.571. The molecule has 0 heterocycles. The predicted molar refractivity (Wildman–Crippen MR) is 64.3 cm³/mol. The highest BCUT2D eigenvalue weighted by molar-refractivity contribution is 5.07. The van der Waals surface area contributed by atoms with Gasteiger partial charge in [-0.25, -0.2) is 0 Å². The van der Waals surface area contributed by atoms with Crippen LogP contribution in [-0.4, -0.2) is 0 Å². The SMILES string of the molecule is C=CC/C1=C/CCC(CC=C)CCC1. The first-order chi connectivity index (χ1) is 6.86. The van der Waals surface area contributed by atoms with Crippen molar-refractivity contribution in [1.82, 2.24) is 0 Å². The van der Waals surface area contributed by atoms with Crippen molar-refractivity contribution < 1.29 is 0 Å². The van der Waals surface area contributed by atoms with E-state index in [1.807, 2.05) is 6.08 Å². The summed E-state index contributed by atoms with van der Waals surface area (Å²) < 4.78 is 0. The number of hydrogen-bond acceptors (Lipinski definition) is 0. The molecule has 14 heavy (non-hydrogen) atoms. The summed E-state index contributed by atoms with van der Waals surface area (Å²) >= 11 is 0. The molecule has 1 rings (SSSR count). The minimum absolute atomic E-state index is 0.883. The molecule has 1 unspecified atom stereocenters. The standard InChI is InChI=1S/C14H22/c1-3-7-13-9-5-11-14(8-4-2)12-6-10-13/h3-4,9,14H,1-2,5-8,10-12H2/b13-9-. The highest BCUT2D eigenvalue weighted by Crippen LogP contribution is 2.25. The van der Waals surface area contributed by atoms with E-state index in [0.717, 1.165) is 12.3 Å². The minimum Gasteiger partial charge on any atom is -0.103 e. The van der Waals surface area contributed by atoms with Crippen LogP contribution in [0.4, 0.5) is 0 Å². The van der Waals surface area contributed by atoms with E-state index < -0.39 is 0 Å². The van der Waals surface area contributed by atoms with E-state index >= 15 is 0 Å². The Kier molecular flexibility index (Phi) is 5.36. The molecule has 1 atom stereocenters. The third-order valence-corrected chi connectivity index (χ3v) is 3.02. The molecule has 0 bridgehead atoms. The van der Waals surface area contributed by atoms with Crippen molar-refractivity contribution in [2.75, 3.05) is 0 Å². The Hall–Kier alpha value is -0.780. The van der Waals surface area contributed by atoms with Gasteiger partial charge in [-0.15, -0.1) is 13.2 Å². The van der Waals surface area contributed by atoms with Crippen LogP contribution in [0.15, 0.2) is 37.0 Å². The van der Waals surface area contributed by atoms with Crippen molar-refractivity contribution in [3.63, 3.8) is 0 Å². The highest BCUT2D eigenvalue weighted by atomic mass is 14.1. The second kappa shape index (κ2) is 6.64. The molecule has 0 aromatic heterocycles. The van der Waals surface area contributed by atoms with Gasteiger partial charge in [-0.05, 0) is 50.9 Å². The molecule has 0 heteroatoms. The molecule has 0 saturated carbocycles. The lowest BCUT2D eigenvalue weighted by Gasteiger charge is -2.17. The van der Waals surface area contributed by atoms with E-state index in [9.17, 15) is 0 Å². The molecule has 0 aromatic carbocycles. The smallest absolute Gasteiger partial charge is 0.0142 e. The lowest BCUT2D eigenvalue weighted by atomic mass is 9.88. The van der Waals surface area contributed by atoms with Gasteiger partial charge in [0.25, 0.3) is 0 Å². The molecular formula is C14H22. The Morgan fingerprint density at radius 1 is 1.29 bits per heavy atom. The van der Waals surface area contributed by atoms with Crippen LogP contribution < -0.4 is 0 Å². The summed E-state index contributed by atoms with van der Waals surface area (Å²) in [5.74, 6) is 0.883. The topological polar surface area (TPSA) is 0 Å². The van der Waals surface area contributed by atoms with Crippen LogP contribution in [0.25, 0.3) is 0 Å². The molecule has 0 nitrogen and oxygen atoms in total. The first-order valence-corrected chi connectivity index (χ1v) is 5.76. The van der Waals surface area contributed by atoms with Crippen molar-refractivity contribution in [2.45, 2.75) is 44.9 Å². The lowest BCUT2D eigenvalue weighted by molar-refractivity contribution is 0.435. The summed E-state index contributed by atoms with van der Waals surface area (Å²) in [6.07, 6.45) is 15.4. The Balaban J connectivity index is 2.40.